The molecule has 2 saturated heterocycles. The summed E-state index contributed by atoms with van der Waals surface area (Å²) in [7, 11) is 0. The van der Waals surface area contributed by atoms with E-state index in [0.717, 1.165) is 51.3 Å². The van der Waals surface area contributed by atoms with E-state index in [0.29, 0.717) is 24.4 Å². The first-order valence-electron chi connectivity index (χ1n) is 9.77. The van der Waals surface area contributed by atoms with Gasteiger partial charge in [0.25, 0.3) is 0 Å². The van der Waals surface area contributed by atoms with Gasteiger partial charge in [0.2, 0.25) is 0 Å². The lowest BCUT2D eigenvalue weighted by Crippen LogP contribution is -2.41. The number of likely N-dealkylation sites (tertiary alicyclic amines) is 1. The van der Waals surface area contributed by atoms with Crippen LogP contribution in [0.4, 0.5) is 14.9 Å². The van der Waals surface area contributed by atoms with Crippen LogP contribution in [-0.4, -0.2) is 56.2 Å². The highest BCUT2D eigenvalue weighted by molar-refractivity contribution is 5.73. The fourth-order valence-electron chi connectivity index (χ4n) is 3.92. The van der Waals surface area contributed by atoms with Gasteiger partial charge >= 0.3 is 6.03 Å². The Labute approximate surface area is 155 Å². The minimum Gasteiger partial charge on any atom is -0.371 e. The van der Waals surface area contributed by atoms with Gasteiger partial charge in [-0.2, -0.15) is 0 Å². The molecule has 2 N–H and O–H groups in total. The second-order valence-electron chi connectivity index (χ2n) is 7.91. The molecule has 1 aromatic rings. The molecule has 5 nitrogen and oxygen atoms in total. The maximum atomic E-state index is 13.0. The van der Waals surface area contributed by atoms with Gasteiger partial charge in [-0.15, -0.1) is 0 Å². The summed E-state index contributed by atoms with van der Waals surface area (Å²) in [5.41, 5.74) is 1.05. The molecule has 2 aliphatic heterocycles. The Kier molecular flexibility index (Phi) is 6.35. The van der Waals surface area contributed by atoms with Crippen LogP contribution in [0.15, 0.2) is 24.3 Å². The first-order valence-corrected chi connectivity index (χ1v) is 9.77. The number of halogens is 1. The minimum absolute atomic E-state index is 0.0618. The van der Waals surface area contributed by atoms with Crippen LogP contribution in [0.1, 0.15) is 26.7 Å². The van der Waals surface area contributed by atoms with Gasteiger partial charge in [0.1, 0.15) is 5.82 Å². The van der Waals surface area contributed by atoms with Gasteiger partial charge in [0.15, 0.2) is 0 Å². The average molecular weight is 362 g/mol. The van der Waals surface area contributed by atoms with E-state index < -0.39 is 0 Å². The standard InChI is InChI=1S/C20H31FN4O/c1-15(2)24-9-7-16(13-24)11-22-20(26)23-12-17-8-10-25(14-17)19-5-3-18(21)4-6-19/h3-6,15-17H,7-14H2,1-2H3,(H2,22,23,26)/t16-,17+/m0/s1. The van der Waals surface area contributed by atoms with E-state index in [2.05, 4.69) is 34.3 Å². The van der Waals surface area contributed by atoms with E-state index in [-0.39, 0.29) is 11.8 Å². The maximum Gasteiger partial charge on any atom is 0.314 e. The molecule has 0 spiro atoms. The van der Waals surface area contributed by atoms with Crippen LogP contribution in [0.5, 0.6) is 0 Å². The second kappa shape index (κ2) is 8.71. The summed E-state index contributed by atoms with van der Waals surface area (Å²) < 4.78 is 13.0. The minimum atomic E-state index is -0.207. The smallest absolute Gasteiger partial charge is 0.314 e. The molecule has 0 unspecified atom stereocenters. The molecule has 144 valence electrons. The molecule has 0 saturated carbocycles. The van der Waals surface area contributed by atoms with E-state index >= 15 is 0 Å². The molecule has 2 fully saturated rings. The van der Waals surface area contributed by atoms with E-state index in [9.17, 15) is 9.18 Å². The van der Waals surface area contributed by atoms with Crippen molar-refractivity contribution in [3.05, 3.63) is 30.1 Å². The topological polar surface area (TPSA) is 47.6 Å². The van der Waals surface area contributed by atoms with Gasteiger partial charge in [-0.05, 0) is 69.3 Å². The zero-order valence-corrected chi connectivity index (χ0v) is 15.9. The summed E-state index contributed by atoms with van der Waals surface area (Å²) in [5.74, 6) is 0.791. The van der Waals surface area contributed by atoms with Gasteiger partial charge in [-0.3, -0.25) is 0 Å². The zero-order valence-electron chi connectivity index (χ0n) is 15.9. The molecule has 0 bridgehead atoms. The van der Waals surface area contributed by atoms with Gasteiger partial charge in [0.05, 0.1) is 0 Å². The predicted molar refractivity (Wildman–Crippen MR) is 103 cm³/mol. The van der Waals surface area contributed by atoms with Gasteiger partial charge in [0, 0.05) is 44.5 Å². The number of hydrogen-bond acceptors (Lipinski definition) is 3. The summed E-state index contributed by atoms with van der Waals surface area (Å²) in [6, 6.07) is 7.16. The first-order chi connectivity index (χ1) is 12.5. The molecule has 3 rings (SSSR count). The van der Waals surface area contributed by atoms with Crippen molar-refractivity contribution < 1.29 is 9.18 Å². The highest BCUT2D eigenvalue weighted by atomic mass is 19.1. The molecule has 6 heteroatoms. The lowest BCUT2D eigenvalue weighted by Gasteiger charge is -2.20. The van der Waals surface area contributed by atoms with Crippen LogP contribution in [-0.2, 0) is 0 Å². The monoisotopic (exact) mass is 362 g/mol. The third-order valence-corrected chi connectivity index (χ3v) is 5.63. The van der Waals surface area contributed by atoms with Crippen molar-refractivity contribution in [3.63, 3.8) is 0 Å². The molecular weight excluding hydrogens is 331 g/mol. The Hall–Kier alpha value is -1.82. The number of hydrogen-bond donors (Lipinski definition) is 2. The summed E-state index contributed by atoms with van der Waals surface area (Å²) in [6.45, 7) is 9.94. The molecule has 2 heterocycles. The number of nitrogens with one attached hydrogen (secondary N) is 2. The Morgan fingerprint density at radius 1 is 1.08 bits per heavy atom. The number of carbonyl (C=O) groups excluding carboxylic acids is 1. The van der Waals surface area contributed by atoms with Crippen molar-refractivity contribution in [1.29, 1.82) is 0 Å². The fourth-order valence-corrected chi connectivity index (χ4v) is 3.92. The third-order valence-electron chi connectivity index (χ3n) is 5.63. The first kappa shape index (κ1) is 19.0. The number of urea groups is 1. The molecule has 2 aliphatic rings. The molecule has 0 radical (unpaired) electrons. The van der Waals surface area contributed by atoms with Crippen LogP contribution in [0, 0.1) is 17.7 Å². The maximum absolute atomic E-state index is 13.0. The predicted octanol–water partition coefficient (Wildman–Crippen LogP) is 2.68. The largest absolute Gasteiger partial charge is 0.371 e. The summed E-state index contributed by atoms with van der Waals surface area (Å²) >= 11 is 0. The van der Waals surface area contributed by atoms with Crippen molar-refractivity contribution in [3.8, 4) is 0 Å². The summed E-state index contributed by atoms with van der Waals surface area (Å²) in [4.78, 5) is 16.8. The van der Waals surface area contributed by atoms with Gasteiger partial charge in [-0.25, -0.2) is 9.18 Å². The van der Waals surface area contributed by atoms with Crippen molar-refractivity contribution in [2.45, 2.75) is 32.7 Å². The van der Waals surface area contributed by atoms with Crippen LogP contribution in [0.2, 0.25) is 0 Å². The van der Waals surface area contributed by atoms with Gasteiger partial charge in [-0.1, -0.05) is 0 Å². The number of benzene rings is 1. The number of anilines is 1. The lowest BCUT2D eigenvalue weighted by molar-refractivity contribution is 0.235. The lowest BCUT2D eigenvalue weighted by atomic mass is 10.1. The molecular formula is C20H31FN4O. The average Bonchev–Trinajstić information content (AvgIpc) is 3.28. The highest BCUT2D eigenvalue weighted by Gasteiger charge is 2.25. The molecule has 26 heavy (non-hydrogen) atoms. The fraction of sp³-hybridized carbons (Fsp3) is 0.650. The highest BCUT2D eigenvalue weighted by Crippen LogP contribution is 2.23. The van der Waals surface area contributed by atoms with Crippen LogP contribution in [0.25, 0.3) is 0 Å². The van der Waals surface area contributed by atoms with E-state index in [1.807, 2.05) is 12.1 Å². The molecule has 2 amide bonds. The van der Waals surface area contributed by atoms with Crippen LogP contribution < -0.4 is 15.5 Å². The molecule has 2 atom stereocenters. The van der Waals surface area contributed by atoms with E-state index in [1.165, 1.54) is 12.1 Å². The molecule has 0 aliphatic carbocycles. The van der Waals surface area contributed by atoms with Crippen molar-refractivity contribution in [1.82, 2.24) is 15.5 Å². The quantitative estimate of drug-likeness (QED) is 0.818. The van der Waals surface area contributed by atoms with Crippen molar-refractivity contribution in [2.24, 2.45) is 11.8 Å². The van der Waals surface area contributed by atoms with Crippen LogP contribution in [0.3, 0.4) is 0 Å². The number of amides is 2. The normalized spacial score (nSPS) is 23.6. The van der Waals surface area contributed by atoms with Crippen LogP contribution >= 0.6 is 0 Å². The molecule has 1 aromatic carbocycles. The van der Waals surface area contributed by atoms with E-state index in [1.54, 1.807) is 0 Å². The summed E-state index contributed by atoms with van der Waals surface area (Å²) in [6.07, 6.45) is 2.21. The van der Waals surface area contributed by atoms with Crippen molar-refractivity contribution >= 4 is 11.7 Å². The Bertz CT molecular complexity index is 592. The number of rotatable bonds is 6. The Morgan fingerprint density at radius 2 is 1.69 bits per heavy atom. The second-order valence-corrected chi connectivity index (χ2v) is 7.91. The Balaban J connectivity index is 1.33. The van der Waals surface area contributed by atoms with Gasteiger partial charge < -0.3 is 20.4 Å². The SMILES string of the molecule is CC(C)N1CC[C@@H](CNC(=O)NC[C@H]2CCN(c3ccc(F)cc3)C2)C1. The summed E-state index contributed by atoms with van der Waals surface area (Å²) in [5, 5.41) is 6.04. The molecule has 0 aromatic heterocycles. The zero-order chi connectivity index (χ0) is 18.5. The third kappa shape index (κ3) is 5.10. The number of nitrogens with zero attached hydrogens (tertiary/aromatic N) is 2. The van der Waals surface area contributed by atoms with Crippen molar-refractivity contribution in [2.75, 3.05) is 44.2 Å². The Morgan fingerprint density at radius 3 is 2.31 bits per heavy atom. The number of carbonyl (C=O) groups is 1. The van der Waals surface area contributed by atoms with E-state index in [4.69, 9.17) is 0 Å².